The molecule has 1 heterocycles. The molecule has 0 atom stereocenters. The number of hydrogen-bond donors (Lipinski definition) is 2. The summed E-state index contributed by atoms with van der Waals surface area (Å²) in [6.45, 7) is 0. The van der Waals surface area contributed by atoms with Crippen LogP contribution in [0.2, 0.25) is 0 Å². The third-order valence-corrected chi connectivity index (χ3v) is 3.74. The van der Waals surface area contributed by atoms with Crippen molar-refractivity contribution in [3.8, 4) is 0 Å². The molecule has 2 N–H and O–H groups in total. The number of nitrogens with one attached hydrogen (secondary N) is 1. The first-order valence-corrected chi connectivity index (χ1v) is 6.81. The largest absolute Gasteiger partial charge is 0.478 e. The summed E-state index contributed by atoms with van der Waals surface area (Å²) in [5.41, 5.74) is -0.880. The molecule has 0 amide bonds. The fourth-order valence-corrected chi connectivity index (χ4v) is 2.32. The number of halogens is 3. The maximum atomic E-state index is 12.8. The summed E-state index contributed by atoms with van der Waals surface area (Å²) in [7, 11) is 0. The quantitative estimate of drug-likeness (QED) is 0.903. The molecule has 1 aromatic heterocycles. The minimum absolute atomic E-state index is 0.0561. The Labute approximate surface area is 129 Å². The Balaban J connectivity index is 1.84. The summed E-state index contributed by atoms with van der Waals surface area (Å²) in [5.74, 6) is -0.958. The van der Waals surface area contributed by atoms with Gasteiger partial charge in [0, 0.05) is 12.4 Å². The maximum Gasteiger partial charge on any atom is 0.416 e. The molecule has 0 spiro atoms. The number of alkyl halides is 3. The van der Waals surface area contributed by atoms with Crippen LogP contribution >= 0.6 is 0 Å². The number of aromatic nitrogens is 2. The van der Waals surface area contributed by atoms with Crippen molar-refractivity contribution >= 4 is 11.9 Å². The van der Waals surface area contributed by atoms with Crippen LogP contribution in [0, 0.1) is 0 Å². The zero-order valence-corrected chi connectivity index (χ0v) is 11.8. The van der Waals surface area contributed by atoms with Crippen LogP contribution in [0.1, 0.15) is 34.3 Å². The molecule has 1 aromatic carbocycles. The van der Waals surface area contributed by atoms with Gasteiger partial charge in [-0.3, -0.25) is 0 Å². The van der Waals surface area contributed by atoms with Crippen LogP contribution in [0.5, 0.6) is 0 Å². The number of aromatic carboxylic acids is 1. The average Bonchev–Trinajstić information content (AvgIpc) is 3.28. The first kappa shape index (κ1) is 15.3. The zero-order valence-electron chi connectivity index (χ0n) is 11.8. The molecule has 0 bridgehead atoms. The van der Waals surface area contributed by atoms with E-state index in [-0.39, 0.29) is 11.5 Å². The second-order valence-corrected chi connectivity index (χ2v) is 5.39. The average molecular weight is 323 g/mol. The van der Waals surface area contributed by atoms with Crippen LogP contribution in [0.25, 0.3) is 0 Å². The third-order valence-electron chi connectivity index (χ3n) is 3.74. The van der Waals surface area contributed by atoms with Gasteiger partial charge in [0.2, 0.25) is 5.95 Å². The number of benzene rings is 1. The summed E-state index contributed by atoms with van der Waals surface area (Å²) >= 11 is 0. The number of anilines is 1. The lowest BCUT2D eigenvalue weighted by molar-refractivity contribution is -0.137. The molecular formula is C15H12F3N3O2. The van der Waals surface area contributed by atoms with Crippen LogP contribution in [0.15, 0.2) is 36.7 Å². The summed E-state index contributed by atoms with van der Waals surface area (Å²) < 4.78 is 38.5. The molecule has 0 aliphatic heterocycles. The van der Waals surface area contributed by atoms with E-state index in [2.05, 4.69) is 15.3 Å². The Morgan fingerprint density at radius 1 is 1.22 bits per heavy atom. The van der Waals surface area contributed by atoms with E-state index < -0.39 is 23.2 Å². The Kier molecular flexibility index (Phi) is 3.46. The molecular weight excluding hydrogens is 311 g/mol. The van der Waals surface area contributed by atoms with Crippen LogP contribution in [0.3, 0.4) is 0 Å². The number of hydrogen-bond acceptors (Lipinski definition) is 4. The summed E-state index contributed by atoms with van der Waals surface area (Å²) in [6, 6.07) is 5.14. The highest BCUT2D eigenvalue weighted by Crippen LogP contribution is 2.48. The molecule has 3 rings (SSSR count). The highest BCUT2D eigenvalue weighted by atomic mass is 19.4. The Morgan fingerprint density at radius 3 is 2.39 bits per heavy atom. The molecule has 1 aliphatic rings. The lowest BCUT2D eigenvalue weighted by atomic mass is 10.0. The van der Waals surface area contributed by atoms with Crippen molar-refractivity contribution in [2.24, 2.45) is 0 Å². The van der Waals surface area contributed by atoms with Crippen molar-refractivity contribution in [3.63, 3.8) is 0 Å². The van der Waals surface area contributed by atoms with Crippen LogP contribution in [-0.4, -0.2) is 21.0 Å². The van der Waals surface area contributed by atoms with Gasteiger partial charge in [0.25, 0.3) is 0 Å². The molecule has 23 heavy (non-hydrogen) atoms. The Morgan fingerprint density at radius 2 is 1.87 bits per heavy atom. The molecule has 1 saturated carbocycles. The van der Waals surface area contributed by atoms with E-state index in [0.717, 1.165) is 24.5 Å². The fourth-order valence-electron chi connectivity index (χ4n) is 2.32. The van der Waals surface area contributed by atoms with Gasteiger partial charge in [0.05, 0.1) is 16.7 Å². The number of nitrogens with zero attached hydrogens (tertiary/aromatic N) is 2. The minimum atomic E-state index is -4.40. The predicted octanol–water partition coefficient (Wildman–Crippen LogP) is 3.29. The van der Waals surface area contributed by atoms with Crippen molar-refractivity contribution in [1.82, 2.24) is 9.97 Å². The molecule has 0 saturated heterocycles. The SMILES string of the molecule is O=C(O)c1cnc(NC2(c3cccc(C(F)(F)F)c3)CC2)nc1. The smallest absolute Gasteiger partial charge is 0.416 e. The van der Waals surface area contributed by atoms with E-state index in [4.69, 9.17) is 5.11 Å². The van der Waals surface area contributed by atoms with Crippen molar-refractivity contribution in [2.45, 2.75) is 24.6 Å². The Hall–Kier alpha value is -2.64. The highest BCUT2D eigenvalue weighted by molar-refractivity contribution is 5.86. The van der Waals surface area contributed by atoms with E-state index in [9.17, 15) is 18.0 Å². The molecule has 1 fully saturated rings. The van der Waals surface area contributed by atoms with Gasteiger partial charge in [-0.25, -0.2) is 14.8 Å². The van der Waals surface area contributed by atoms with Gasteiger partial charge in [0.15, 0.2) is 0 Å². The highest BCUT2D eigenvalue weighted by Gasteiger charge is 2.46. The molecule has 8 heteroatoms. The monoisotopic (exact) mass is 323 g/mol. The standard InChI is InChI=1S/C15H12F3N3O2/c16-15(17,18)11-3-1-2-10(6-11)14(4-5-14)21-13-19-7-9(8-20-13)12(22)23/h1-3,6-8H,4-5H2,(H,22,23)(H,19,20,21). The molecule has 2 aromatic rings. The van der Waals surface area contributed by atoms with Gasteiger partial charge in [0.1, 0.15) is 0 Å². The molecule has 0 radical (unpaired) electrons. The molecule has 1 aliphatic carbocycles. The van der Waals surface area contributed by atoms with Crippen LogP contribution in [0.4, 0.5) is 19.1 Å². The lowest BCUT2D eigenvalue weighted by Gasteiger charge is -2.19. The van der Waals surface area contributed by atoms with Gasteiger partial charge >= 0.3 is 12.1 Å². The van der Waals surface area contributed by atoms with E-state index in [1.807, 2.05) is 0 Å². The zero-order chi connectivity index (χ0) is 16.7. The number of rotatable bonds is 4. The number of carboxylic acids is 1. The van der Waals surface area contributed by atoms with Gasteiger partial charge < -0.3 is 10.4 Å². The summed E-state index contributed by atoms with van der Waals surface area (Å²) in [4.78, 5) is 18.5. The molecule has 120 valence electrons. The van der Waals surface area contributed by atoms with Gasteiger partial charge in [-0.2, -0.15) is 13.2 Å². The normalized spacial score (nSPS) is 16.0. The van der Waals surface area contributed by atoms with Crippen molar-refractivity contribution in [1.29, 1.82) is 0 Å². The molecule has 5 nitrogen and oxygen atoms in total. The van der Waals surface area contributed by atoms with E-state index >= 15 is 0 Å². The number of carbonyl (C=O) groups is 1. The van der Waals surface area contributed by atoms with Gasteiger partial charge in [-0.15, -0.1) is 0 Å². The lowest BCUT2D eigenvalue weighted by Crippen LogP contribution is -2.21. The summed E-state index contributed by atoms with van der Waals surface area (Å²) in [6.07, 6.45) is -0.789. The van der Waals surface area contributed by atoms with Crippen molar-refractivity contribution in [2.75, 3.05) is 5.32 Å². The van der Waals surface area contributed by atoms with Gasteiger partial charge in [-0.05, 0) is 30.5 Å². The van der Waals surface area contributed by atoms with Crippen LogP contribution < -0.4 is 5.32 Å². The maximum absolute atomic E-state index is 12.8. The third kappa shape index (κ3) is 3.10. The van der Waals surface area contributed by atoms with E-state index in [1.165, 1.54) is 6.07 Å². The van der Waals surface area contributed by atoms with Crippen LogP contribution in [-0.2, 0) is 11.7 Å². The predicted molar refractivity (Wildman–Crippen MR) is 75.0 cm³/mol. The first-order chi connectivity index (χ1) is 10.8. The minimum Gasteiger partial charge on any atom is -0.478 e. The topological polar surface area (TPSA) is 75.1 Å². The fraction of sp³-hybridized carbons (Fsp3) is 0.267. The van der Waals surface area contributed by atoms with E-state index in [1.54, 1.807) is 6.07 Å². The van der Waals surface area contributed by atoms with Crippen molar-refractivity contribution in [3.05, 3.63) is 53.3 Å². The first-order valence-electron chi connectivity index (χ1n) is 6.81. The van der Waals surface area contributed by atoms with Gasteiger partial charge in [-0.1, -0.05) is 12.1 Å². The second-order valence-electron chi connectivity index (χ2n) is 5.39. The summed E-state index contributed by atoms with van der Waals surface area (Å²) in [5, 5.41) is 11.8. The molecule has 0 unspecified atom stereocenters. The van der Waals surface area contributed by atoms with Crippen molar-refractivity contribution < 1.29 is 23.1 Å². The Bertz CT molecular complexity index is 740. The van der Waals surface area contributed by atoms with E-state index in [0.29, 0.717) is 18.4 Å². The second kappa shape index (κ2) is 5.22. The number of carboxylic acid groups (broad SMARTS) is 1.